The van der Waals surface area contributed by atoms with Crippen LogP contribution in [-0.2, 0) is 0 Å². The van der Waals surface area contributed by atoms with E-state index in [9.17, 15) is 8.78 Å². The first kappa shape index (κ1) is 16.6. The second-order valence-corrected chi connectivity index (χ2v) is 7.28. The van der Waals surface area contributed by atoms with Gasteiger partial charge >= 0.3 is 0 Å². The normalized spacial score (nSPS) is 33.6. The molecule has 2 heterocycles. The molecule has 2 aromatic rings. The first-order chi connectivity index (χ1) is 12.1. The summed E-state index contributed by atoms with van der Waals surface area (Å²) in [5, 5.41) is 4.32. The average molecular weight is 347 g/mol. The van der Waals surface area contributed by atoms with Gasteiger partial charge in [0, 0.05) is 25.2 Å². The Hall–Kier alpha value is -1.86. The fourth-order valence-electron chi connectivity index (χ4n) is 4.44. The minimum atomic E-state index is -0.884. The number of hydrogen-bond donors (Lipinski definition) is 1. The van der Waals surface area contributed by atoms with Crippen LogP contribution in [0.4, 0.5) is 8.78 Å². The van der Waals surface area contributed by atoms with E-state index in [-0.39, 0.29) is 29.9 Å². The van der Waals surface area contributed by atoms with Crippen LogP contribution in [0.25, 0.3) is 0 Å². The van der Waals surface area contributed by atoms with Crippen molar-refractivity contribution in [2.75, 3.05) is 13.1 Å². The van der Waals surface area contributed by atoms with Gasteiger partial charge in [-0.3, -0.25) is 4.90 Å². The maximum Gasteiger partial charge on any atom is 0.137 e. The number of hydrogen-bond acceptors (Lipinski definition) is 4. The molecule has 25 heavy (non-hydrogen) atoms. The van der Waals surface area contributed by atoms with Gasteiger partial charge < -0.3 is 5.73 Å². The van der Waals surface area contributed by atoms with E-state index in [4.69, 9.17) is 5.73 Å². The van der Waals surface area contributed by atoms with Crippen molar-refractivity contribution in [2.45, 2.75) is 49.5 Å². The van der Waals surface area contributed by atoms with E-state index in [1.807, 2.05) is 16.8 Å². The van der Waals surface area contributed by atoms with Gasteiger partial charge in [-0.15, -0.1) is 0 Å². The molecule has 7 heteroatoms. The first-order valence-electron chi connectivity index (χ1n) is 8.83. The summed E-state index contributed by atoms with van der Waals surface area (Å²) in [4.78, 5) is 6.25. The summed E-state index contributed by atoms with van der Waals surface area (Å²) in [5.41, 5.74) is 7.17. The summed E-state index contributed by atoms with van der Waals surface area (Å²) in [5.74, 6) is 0.0596. The molecular formula is C18H23F2N5. The van der Waals surface area contributed by atoms with Crippen molar-refractivity contribution in [1.82, 2.24) is 19.7 Å². The molecule has 0 radical (unpaired) electrons. The smallest absolute Gasteiger partial charge is 0.137 e. The van der Waals surface area contributed by atoms with Crippen LogP contribution in [0.2, 0.25) is 0 Å². The third-order valence-electron chi connectivity index (χ3n) is 5.54. The predicted molar refractivity (Wildman–Crippen MR) is 90.3 cm³/mol. The second kappa shape index (κ2) is 6.80. The van der Waals surface area contributed by atoms with Crippen LogP contribution in [0.5, 0.6) is 0 Å². The van der Waals surface area contributed by atoms with Crippen molar-refractivity contribution in [1.29, 1.82) is 0 Å². The second-order valence-electron chi connectivity index (χ2n) is 7.28. The largest absolute Gasteiger partial charge is 0.326 e. The molecule has 3 unspecified atom stereocenters. The average Bonchev–Trinajstić information content (AvgIpc) is 3.24. The van der Waals surface area contributed by atoms with E-state index in [0.717, 1.165) is 18.4 Å². The van der Waals surface area contributed by atoms with Crippen molar-refractivity contribution in [3.63, 3.8) is 0 Å². The highest BCUT2D eigenvalue weighted by molar-refractivity contribution is 5.23. The molecule has 5 atom stereocenters. The molecule has 2 aliphatic rings. The molecular weight excluding hydrogens is 324 g/mol. The van der Waals surface area contributed by atoms with Crippen LogP contribution in [0.15, 0.2) is 36.9 Å². The monoisotopic (exact) mass is 347 g/mol. The Kier molecular flexibility index (Phi) is 4.52. The minimum Gasteiger partial charge on any atom is -0.326 e. The van der Waals surface area contributed by atoms with E-state index < -0.39 is 6.17 Å². The van der Waals surface area contributed by atoms with E-state index in [1.165, 1.54) is 18.5 Å². The molecule has 1 aromatic carbocycles. The summed E-state index contributed by atoms with van der Waals surface area (Å²) < 4.78 is 29.2. The lowest BCUT2D eigenvalue weighted by molar-refractivity contribution is 0.0690. The van der Waals surface area contributed by atoms with Gasteiger partial charge in [0.25, 0.3) is 0 Å². The predicted octanol–water partition coefficient (Wildman–Crippen LogP) is 2.28. The Morgan fingerprint density at radius 1 is 1.04 bits per heavy atom. The van der Waals surface area contributed by atoms with Gasteiger partial charge in [-0.05, 0) is 42.9 Å². The molecule has 5 nitrogen and oxygen atoms in total. The first-order valence-corrected chi connectivity index (χ1v) is 8.83. The van der Waals surface area contributed by atoms with Crippen molar-refractivity contribution >= 4 is 0 Å². The highest BCUT2D eigenvalue weighted by atomic mass is 19.1. The van der Waals surface area contributed by atoms with Crippen molar-refractivity contribution in [2.24, 2.45) is 5.73 Å². The Morgan fingerprint density at radius 3 is 2.48 bits per heavy atom. The van der Waals surface area contributed by atoms with Gasteiger partial charge in [-0.1, -0.05) is 12.1 Å². The fraction of sp³-hybridized carbons (Fsp3) is 0.556. The van der Waals surface area contributed by atoms with Crippen LogP contribution >= 0.6 is 0 Å². The van der Waals surface area contributed by atoms with Gasteiger partial charge in [0.05, 0.1) is 6.04 Å². The number of nitrogens with two attached hydrogens (primary N) is 1. The summed E-state index contributed by atoms with van der Waals surface area (Å²) in [7, 11) is 0. The lowest BCUT2D eigenvalue weighted by Crippen LogP contribution is -2.53. The standard InChI is InChI=1S/C18H23F2N5/c19-14-3-1-12(2-4-14)13-5-17(18(6-13)25-11-22-10-23-25)24-8-15(20)7-16(21)9-24/h1-4,10-11,13,15-18H,5-9,21H2/t13-,15?,16?,17+,18?/m1/s1. The fourth-order valence-corrected chi connectivity index (χ4v) is 4.44. The zero-order chi connectivity index (χ0) is 17.4. The topological polar surface area (TPSA) is 60.0 Å². The molecule has 0 spiro atoms. The SMILES string of the molecule is NC1CC(F)CN([C@H]2C[C@@H](c3ccc(F)cc3)CC2n2cncn2)C1. The van der Waals surface area contributed by atoms with Crippen LogP contribution in [0.3, 0.4) is 0 Å². The van der Waals surface area contributed by atoms with Gasteiger partial charge in [0.2, 0.25) is 0 Å². The summed E-state index contributed by atoms with van der Waals surface area (Å²) in [6.45, 7) is 1.12. The Morgan fingerprint density at radius 2 is 1.80 bits per heavy atom. The maximum atomic E-state index is 14.1. The highest BCUT2D eigenvalue weighted by Crippen LogP contribution is 2.43. The molecule has 1 saturated carbocycles. The van der Waals surface area contributed by atoms with E-state index in [2.05, 4.69) is 15.0 Å². The number of alkyl halides is 1. The number of rotatable bonds is 3. The Labute approximate surface area is 145 Å². The van der Waals surface area contributed by atoms with E-state index in [0.29, 0.717) is 19.5 Å². The molecule has 0 amide bonds. The lowest BCUT2D eigenvalue weighted by atomic mass is 9.96. The van der Waals surface area contributed by atoms with E-state index in [1.54, 1.807) is 6.33 Å². The summed E-state index contributed by atoms with van der Waals surface area (Å²) in [6, 6.07) is 6.84. The van der Waals surface area contributed by atoms with Gasteiger partial charge in [-0.2, -0.15) is 5.10 Å². The van der Waals surface area contributed by atoms with Crippen molar-refractivity contribution in [3.05, 3.63) is 48.3 Å². The lowest BCUT2D eigenvalue weighted by Gasteiger charge is -2.39. The maximum absolute atomic E-state index is 14.1. The Bertz CT molecular complexity index is 680. The zero-order valence-corrected chi connectivity index (χ0v) is 14.0. The van der Waals surface area contributed by atoms with Gasteiger partial charge in [-0.25, -0.2) is 18.4 Å². The Balaban J connectivity index is 1.59. The number of piperidine rings is 1. The van der Waals surface area contributed by atoms with Gasteiger partial charge in [0.15, 0.2) is 0 Å². The highest BCUT2D eigenvalue weighted by Gasteiger charge is 2.42. The minimum absolute atomic E-state index is 0.120. The molecule has 2 N–H and O–H groups in total. The molecule has 1 aromatic heterocycles. The number of nitrogens with zero attached hydrogens (tertiary/aromatic N) is 4. The molecule has 4 rings (SSSR count). The number of likely N-dealkylation sites (tertiary alicyclic amines) is 1. The van der Waals surface area contributed by atoms with Crippen molar-refractivity contribution in [3.8, 4) is 0 Å². The summed E-state index contributed by atoms with van der Waals surface area (Å²) >= 11 is 0. The van der Waals surface area contributed by atoms with Crippen LogP contribution in [0, 0.1) is 5.82 Å². The molecule has 1 aliphatic carbocycles. The van der Waals surface area contributed by atoms with E-state index >= 15 is 0 Å². The molecule has 1 aliphatic heterocycles. The van der Waals surface area contributed by atoms with Crippen LogP contribution in [0.1, 0.15) is 36.8 Å². The summed E-state index contributed by atoms with van der Waals surface area (Å²) in [6.07, 6.45) is 4.56. The quantitative estimate of drug-likeness (QED) is 0.925. The third kappa shape index (κ3) is 3.43. The van der Waals surface area contributed by atoms with Crippen LogP contribution < -0.4 is 5.73 Å². The van der Waals surface area contributed by atoms with Gasteiger partial charge in [0.1, 0.15) is 24.6 Å². The molecule has 1 saturated heterocycles. The van der Waals surface area contributed by atoms with Crippen LogP contribution in [-0.4, -0.2) is 51.0 Å². The number of benzene rings is 1. The van der Waals surface area contributed by atoms with Crippen molar-refractivity contribution < 1.29 is 8.78 Å². The molecule has 134 valence electrons. The zero-order valence-electron chi connectivity index (χ0n) is 14.0. The number of halogens is 2. The molecule has 2 fully saturated rings. The number of aromatic nitrogens is 3. The third-order valence-corrected chi connectivity index (χ3v) is 5.54. The molecule has 0 bridgehead atoms.